The molecule has 2 aromatic carbocycles. The Bertz CT molecular complexity index is 1250. The molecule has 2 amide bonds. The molecule has 3 aromatic rings. The quantitative estimate of drug-likeness (QED) is 0.686. The molecule has 0 fully saturated rings. The average Bonchev–Trinajstić information content (AvgIpc) is 2.77. The number of halogens is 1. The molecule has 1 N–H and O–H groups in total. The van der Waals surface area contributed by atoms with Gasteiger partial charge in [0, 0.05) is 24.0 Å². The second kappa shape index (κ2) is 7.75. The van der Waals surface area contributed by atoms with Crippen LogP contribution in [0.3, 0.4) is 0 Å². The number of hydrogen-bond donors (Lipinski definition) is 1. The zero-order valence-corrected chi connectivity index (χ0v) is 17.9. The lowest BCUT2D eigenvalue weighted by Gasteiger charge is -2.31. The zero-order valence-electron chi connectivity index (χ0n) is 17.9. The maximum atomic E-state index is 15.1. The minimum absolute atomic E-state index is 0.0586. The summed E-state index contributed by atoms with van der Waals surface area (Å²) in [6, 6.07) is 10.6. The van der Waals surface area contributed by atoms with Gasteiger partial charge in [0.2, 0.25) is 0 Å². The van der Waals surface area contributed by atoms with Crippen molar-refractivity contribution in [2.75, 3.05) is 18.1 Å². The van der Waals surface area contributed by atoms with Crippen LogP contribution in [0.5, 0.6) is 5.75 Å². The van der Waals surface area contributed by atoms with E-state index in [2.05, 4.69) is 10.3 Å². The van der Waals surface area contributed by atoms with Crippen LogP contribution in [0.4, 0.5) is 10.1 Å². The minimum atomic E-state index is -0.545. The molecular weight excluding hydrogens is 409 g/mol. The van der Waals surface area contributed by atoms with Gasteiger partial charge in [-0.1, -0.05) is 12.1 Å². The predicted molar refractivity (Wildman–Crippen MR) is 118 cm³/mol. The van der Waals surface area contributed by atoms with Crippen LogP contribution in [0.2, 0.25) is 0 Å². The van der Waals surface area contributed by atoms with Crippen LogP contribution < -0.4 is 15.0 Å². The summed E-state index contributed by atoms with van der Waals surface area (Å²) in [6.07, 6.45) is 2.49. The summed E-state index contributed by atoms with van der Waals surface area (Å²) < 4.78 is 20.5. The van der Waals surface area contributed by atoms with Gasteiger partial charge in [-0.2, -0.15) is 0 Å². The highest BCUT2D eigenvalue weighted by Crippen LogP contribution is 2.40. The molecule has 0 unspecified atom stereocenters. The first-order valence-electron chi connectivity index (χ1n) is 10.5. The number of rotatable bonds is 3. The summed E-state index contributed by atoms with van der Waals surface area (Å²) >= 11 is 0. The summed E-state index contributed by atoms with van der Waals surface area (Å²) in [5.74, 6) is -0.865. The first-order valence-corrected chi connectivity index (χ1v) is 10.5. The lowest BCUT2D eigenvalue weighted by atomic mass is 9.94. The molecule has 3 heterocycles. The summed E-state index contributed by atoms with van der Waals surface area (Å²) in [7, 11) is 0. The van der Waals surface area contributed by atoms with Gasteiger partial charge < -0.3 is 15.0 Å². The molecule has 7 heteroatoms. The highest BCUT2D eigenvalue weighted by Gasteiger charge is 2.30. The fourth-order valence-corrected chi connectivity index (χ4v) is 4.32. The molecule has 6 nitrogen and oxygen atoms in total. The van der Waals surface area contributed by atoms with Crippen LogP contribution in [0.25, 0.3) is 11.1 Å². The third kappa shape index (κ3) is 3.39. The number of hydrogen-bond acceptors (Lipinski definition) is 4. The Balaban J connectivity index is 1.59. The molecule has 0 spiro atoms. The first-order chi connectivity index (χ1) is 15.4. The van der Waals surface area contributed by atoms with Gasteiger partial charge in [-0.25, -0.2) is 4.39 Å². The van der Waals surface area contributed by atoms with E-state index >= 15 is 4.39 Å². The fourth-order valence-electron chi connectivity index (χ4n) is 4.32. The van der Waals surface area contributed by atoms with Crippen molar-refractivity contribution in [3.63, 3.8) is 0 Å². The summed E-state index contributed by atoms with van der Waals surface area (Å²) in [5, 5.41) is 2.84. The number of amides is 2. The Hall–Kier alpha value is -3.74. The number of anilines is 1. The Kier molecular flexibility index (Phi) is 4.89. The van der Waals surface area contributed by atoms with Gasteiger partial charge >= 0.3 is 0 Å². The lowest BCUT2D eigenvalue weighted by Crippen LogP contribution is -2.39. The predicted octanol–water partition coefficient (Wildman–Crippen LogP) is 3.72. The van der Waals surface area contributed by atoms with Crippen molar-refractivity contribution >= 4 is 17.5 Å². The smallest absolute Gasteiger partial charge is 0.265 e. The molecule has 0 atom stereocenters. The molecule has 2 aliphatic rings. The van der Waals surface area contributed by atoms with Gasteiger partial charge in [0.05, 0.1) is 12.2 Å². The van der Waals surface area contributed by atoms with Gasteiger partial charge in [0.25, 0.3) is 11.8 Å². The van der Waals surface area contributed by atoms with Gasteiger partial charge in [-0.15, -0.1) is 0 Å². The number of carbonyl (C=O) groups excluding carboxylic acids is 2. The van der Waals surface area contributed by atoms with Crippen LogP contribution in [-0.2, 0) is 17.8 Å². The number of benzene rings is 2. The molecule has 0 radical (unpaired) electrons. The molecule has 0 bridgehead atoms. The maximum Gasteiger partial charge on any atom is 0.265 e. The second-order valence-electron chi connectivity index (χ2n) is 8.14. The highest BCUT2D eigenvalue weighted by atomic mass is 19.1. The molecule has 32 heavy (non-hydrogen) atoms. The van der Waals surface area contributed by atoms with Crippen LogP contribution in [0.1, 0.15) is 32.7 Å². The standard InChI is InChI=1S/C25H22FN3O3/c1-14-5-7-27-15(2)20(14)12-29-22-11-18(10-21(26)24(22)32-13-23(29)30)17-4-3-16-6-8-28-25(31)19(16)9-17/h3-5,7,9-11H,6,8,12-13H2,1-2H3,(H,28,31). The minimum Gasteiger partial charge on any atom is -0.478 e. The number of aryl methyl sites for hydroxylation is 2. The first kappa shape index (κ1) is 20.2. The molecule has 1 aromatic heterocycles. The maximum absolute atomic E-state index is 15.1. The van der Waals surface area contributed by atoms with E-state index in [1.54, 1.807) is 23.2 Å². The van der Waals surface area contributed by atoms with E-state index < -0.39 is 5.82 Å². The van der Waals surface area contributed by atoms with E-state index in [4.69, 9.17) is 4.74 Å². The molecule has 162 valence electrons. The number of pyridine rings is 1. The second-order valence-corrected chi connectivity index (χ2v) is 8.14. The SMILES string of the molecule is Cc1ccnc(C)c1CN1C(=O)COc2c(F)cc(-c3ccc4c(c3)C(=O)NCC4)cc21. The van der Waals surface area contributed by atoms with Crippen LogP contribution in [0.15, 0.2) is 42.6 Å². The van der Waals surface area contributed by atoms with Crippen molar-refractivity contribution in [3.05, 3.63) is 76.4 Å². The summed E-state index contributed by atoms with van der Waals surface area (Å²) in [6.45, 7) is 4.52. The largest absolute Gasteiger partial charge is 0.478 e. The van der Waals surface area contributed by atoms with E-state index in [0.717, 1.165) is 28.8 Å². The number of aromatic nitrogens is 1. The van der Waals surface area contributed by atoms with Gasteiger partial charge in [-0.05, 0) is 72.4 Å². The molecule has 0 saturated carbocycles. The summed E-state index contributed by atoms with van der Waals surface area (Å²) in [5.41, 5.74) is 5.97. The highest BCUT2D eigenvalue weighted by molar-refractivity contribution is 6.00. The van der Waals surface area contributed by atoms with Crippen molar-refractivity contribution < 1.29 is 18.7 Å². The van der Waals surface area contributed by atoms with E-state index in [1.165, 1.54) is 6.07 Å². The third-order valence-corrected chi connectivity index (χ3v) is 6.15. The fraction of sp³-hybridized carbons (Fsp3) is 0.240. The topological polar surface area (TPSA) is 71.5 Å². The Morgan fingerprint density at radius 1 is 1.12 bits per heavy atom. The van der Waals surface area contributed by atoms with Crippen LogP contribution in [0, 0.1) is 19.7 Å². The van der Waals surface area contributed by atoms with E-state index in [-0.39, 0.29) is 30.7 Å². The van der Waals surface area contributed by atoms with Crippen molar-refractivity contribution in [1.82, 2.24) is 10.3 Å². The molecule has 0 aliphatic carbocycles. The van der Waals surface area contributed by atoms with Crippen molar-refractivity contribution in [2.45, 2.75) is 26.8 Å². The summed E-state index contributed by atoms with van der Waals surface area (Å²) in [4.78, 5) is 30.9. The normalized spacial score (nSPS) is 15.0. The number of fused-ring (bicyclic) bond motifs is 2. The van der Waals surface area contributed by atoms with Gasteiger partial charge in [0.1, 0.15) is 0 Å². The van der Waals surface area contributed by atoms with Gasteiger partial charge in [0.15, 0.2) is 18.2 Å². The van der Waals surface area contributed by atoms with Crippen molar-refractivity contribution in [2.24, 2.45) is 0 Å². The molecule has 2 aliphatic heterocycles. The van der Waals surface area contributed by atoms with Crippen LogP contribution in [-0.4, -0.2) is 29.9 Å². The van der Waals surface area contributed by atoms with Crippen molar-refractivity contribution in [1.29, 1.82) is 0 Å². The van der Waals surface area contributed by atoms with Crippen molar-refractivity contribution in [3.8, 4) is 16.9 Å². The third-order valence-electron chi connectivity index (χ3n) is 6.15. The molecule has 0 saturated heterocycles. The Morgan fingerprint density at radius 2 is 1.97 bits per heavy atom. The number of ether oxygens (including phenoxy) is 1. The van der Waals surface area contributed by atoms with E-state index in [9.17, 15) is 9.59 Å². The van der Waals surface area contributed by atoms with Crippen LogP contribution >= 0.6 is 0 Å². The van der Waals surface area contributed by atoms with E-state index in [1.807, 2.05) is 32.0 Å². The zero-order chi connectivity index (χ0) is 22.4. The number of nitrogens with one attached hydrogen (secondary N) is 1. The number of nitrogens with zero attached hydrogens (tertiary/aromatic N) is 2. The number of carbonyl (C=O) groups is 2. The Labute approximate surface area is 185 Å². The average molecular weight is 431 g/mol. The van der Waals surface area contributed by atoms with E-state index in [0.29, 0.717) is 28.9 Å². The Morgan fingerprint density at radius 3 is 2.78 bits per heavy atom. The molecule has 5 rings (SSSR count). The monoisotopic (exact) mass is 431 g/mol. The molecular formula is C25H22FN3O3. The van der Waals surface area contributed by atoms with Gasteiger partial charge in [-0.3, -0.25) is 14.6 Å². The lowest BCUT2D eigenvalue weighted by molar-refractivity contribution is -0.121.